The summed E-state index contributed by atoms with van der Waals surface area (Å²) >= 11 is 7.09. The van der Waals surface area contributed by atoms with Crippen molar-refractivity contribution in [1.29, 1.82) is 0 Å². The number of rotatable bonds is 8. The molecule has 0 atom stereocenters. The van der Waals surface area contributed by atoms with E-state index in [4.69, 9.17) is 17.3 Å². The number of nitrogens with two attached hydrogens (primary N) is 1. The van der Waals surface area contributed by atoms with Crippen molar-refractivity contribution in [2.24, 2.45) is 0 Å². The van der Waals surface area contributed by atoms with Gasteiger partial charge < -0.3 is 11.1 Å². The molecule has 0 fully saturated rings. The van der Waals surface area contributed by atoms with Crippen molar-refractivity contribution in [1.82, 2.24) is 0 Å². The molecule has 0 aliphatic heterocycles. The summed E-state index contributed by atoms with van der Waals surface area (Å²) in [4.78, 5) is 0. The van der Waals surface area contributed by atoms with Crippen molar-refractivity contribution >= 4 is 44.5 Å². The number of allylic oxidation sites excluding steroid dienone is 8. The molecule has 1 aliphatic carbocycles. The lowest BCUT2D eigenvalue weighted by Crippen LogP contribution is -2.21. The van der Waals surface area contributed by atoms with E-state index in [-0.39, 0.29) is 10.8 Å². The molecule has 0 radical (unpaired) electrons. The zero-order valence-electron chi connectivity index (χ0n) is 28.4. The standard InChI is InChI=1S/C42H49ClN2/c1-27-14-20-34-32(25-27)18-22-36(44)38(34)42(6,7)29(3)16-17-31-12-9-11-30(40(31)43)13-10-24-41(4,5)39-35-21-15-28(2)26-33(35)19-23-37(39)45-8/h10,13-23,25-26,45H,9,11-12,24,44H2,1-8H3/b13-10+,29-16-,31-17+. The number of nitrogens with one attached hydrogen (secondary N) is 1. The van der Waals surface area contributed by atoms with Gasteiger partial charge in [-0.05, 0) is 108 Å². The van der Waals surface area contributed by atoms with E-state index in [1.165, 1.54) is 66.2 Å². The third kappa shape index (κ3) is 6.63. The molecule has 45 heavy (non-hydrogen) atoms. The molecule has 0 unspecified atom stereocenters. The first-order valence-corrected chi connectivity index (χ1v) is 16.7. The van der Waals surface area contributed by atoms with E-state index < -0.39 is 0 Å². The molecule has 0 aromatic heterocycles. The largest absolute Gasteiger partial charge is 0.398 e. The smallest absolute Gasteiger partial charge is 0.0469 e. The van der Waals surface area contributed by atoms with E-state index in [0.717, 1.165) is 36.4 Å². The zero-order valence-corrected chi connectivity index (χ0v) is 29.1. The van der Waals surface area contributed by atoms with Gasteiger partial charge in [0, 0.05) is 28.9 Å². The van der Waals surface area contributed by atoms with Gasteiger partial charge in [-0.1, -0.05) is 129 Å². The minimum atomic E-state index is -0.235. The quantitative estimate of drug-likeness (QED) is 0.193. The molecule has 0 spiro atoms. The molecule has 1 aliphatic rings. The van der Waals surface area contributed by atoms with Crippen LogP contribution in [0.5, 0.6) is 0 Å². The first-order valence-electron chi connectivity index (χ1n) is 16.3. The number of anilines is 2. The van der Waals surface area contributed by atoms with Crippen LogP contribution in [0.3, 0.4) is 0 Å². The highest BCUT2D eigenvalue weighted by Crippen LogP contribution is 2.42. The van der Waals surface area contributed by atoms with Gasteiger partial charge in [0.1, 0.15) is 0 Å². The predicted octanol–water partition coefficient (Wildman–Crippen LogP) is 12.0. The molecule has 3 N–H and O–H groups in total. The number of benzene rings is 4. The van der Waals surface area contributed by atoms with Crippen LogP contribution < -0.4 is 11.1 Å². The number of aryl methyl sites for hydroxylation is 2. The van der Waals surface area contributed by atoms with Gasteiger partial charge in [-0.25, -0.2) is 0 Å². The van der Waals surface area contributed by atoms with Gasteiger partial charge in [0.2, 0.25) is 0 Å². The van der Waals surface area contributed by atoms with Gasteiger partial charge >= 0.3 is 0 Å². The van der Waals surface area contributed by atoms with Gasteiger partial charge in [0.05, 0.1) is 0 Å². The van der Waals surface area contributed by atoms with Gasteiger partial charge in [-0.3, -0.25) is 0 Å². The van der Waals surface area contributed by atoms with Crippen LogP contribution in [-0.4, -0.2) is 7.05 Å². The number of fused-ring (bicyclic) bond motifs is 2. The molecule has 5 rings (SSSR count). The van der Waals surface area contributed by atoms with E-state index in [2.05, 4.69) is 133 Å². The average Bonchev–Trinajstić information content (AvgIpc) is 3.00. The van der Waals surface area contributed by atoms with Crippen LogP contribution >= 0.6 is 11.6 Å². The van der Waals surface area contributed by atoms with Crippen molar-refractivity contribution < 1.29 is 0 Å². The SMILES string of the molecule is CNc1ccc2cc(C)ccc2c1C(C)(C)C/C=C/C1=C(Cl)C(=C/C=C(/C)C(C)(C)c2c(N)ccc3cc(C)ccc23)/CCC1. The van der Waals surface area contributed by atoms with Crippen LogP contribution in [0.1, 0.15) is 82.6 Å². The van der Waals surface area contributed by atoms with E-state index in [1.54, 1.807) is 0 Å². The highest BCUT2D eigenvalue weighted by molar-refractivity contribution is 6.32. The van der Waals surface area contributed by atoms with E-state index >= 15 is 0 Å². The van der Waals surface area contributed by atoms with Crippen molar-refractivity contribution in [2.45, 2.75) is 85.0 Å². The Morgan fingerprint density at radius 3 is 2.13 bits per heavy atom. The predicted molar refractivity (Wildman–Crippen MR) is 200 cm³/mol. The van der Waals surface area contributed by atoms with Crippen LogP contribution in [0.2, 0.25) is 0 Å². The lowest BCUT2D eigenvalue weighted by molar-refractivity contribution is 0.540. The minimum absolute atomic E-state index is 0.0580. The molecule has 0 amide bonds. The van der Waals surface area contributed by atoms with Crippen LogP contribution in [0.4, 0.5) is 11.4 Å². The molecular formula is C42H49ClN2. The van der Waals surface area contributed by atoms with Crippen LogP contribution in [0, 0.1) is 13.8 Å². The Hall–Kier alpha value is -3.75. The molecule has 4 aromatic rings. The molecule has 0 bridgehead atoms. The summed E-state index contributed by atoms with van der Waals surface area (Å²) in [7, 11) is 2.01. The average molecular weight is 617 g/mol. The third-order valence-corrected chi connectivity index (χ3v) is 10.4. The molecule has 4 aromatic carbocycles. The van der Waals surface area contributed by atoms with Gasteiger partial charge in [-0.2, -0.15) is 0 Å². The van der Waals surface area contributed by atoms with Crippen molar-refractivity contribution in [3.05, 3.63) is 129 Å². The van der Waals surface area contributed by atoms with Crippen molar-refractivity contribution in [3.8, 4) is 0 Å². The molecule has 2 nitrogen and oxygen atoms in total. The molecule has 0 heterocycles. The Labute approximate surface area is 275 Å². The monoisotopic (exact) mass is 616 g/mol. The highest BCUT2D eigenvalue weighted by Gasteiger charge is 2.28. The molecular weight excluding hydrogens is 568 g/mol. The normalized spacial score (nSPS) is 16.0. The summed E-state index contributed by atoms with van der Waals surface area (Å²) in [5, 5.41) is 9.40. The first-order chi connectivity index (χ1) is 21.3. The van der Waals surface area contributed by atoms with Gasteiger partial charge in [0.15, 0.2) is 0 Å². The van der Waals surface area contributed by atoms with E-state index in [9.17, 15) is 0 Å². The Morgan fingerprint density at radius 1 is 0.867 bits per heavy atom. The maximum Gasteiger partial charge on any atom is 0.0469 e. The Morgan fingerprint density at radius 2 is 1.49 bits per heavy atom. The fourth-order valence-electron chi connectivity index (χ4n) is 6.99. The summed E-state index contributed by atoms with van der Waals surface area (Å²) < 4.78 is 0. The van der Waals surface area contributed by atoms with Crippen LogP contribution in [-0.2, 0) is 10.8 Å². The van der Waals surface area contributed by atoms with Crippen LogP contribution in [0.15, 0.2) is 107 Å². The second-order valence-corrected chi connectivity index (χ2v) is 14.4. The number of halogens is 1. The fourth-order valence-corrected chi connectivity index (χ4v) is 7.30. The van der Waals surface area contributed by atoms with Crippen molar-refractivity contribution in [3.63, 3.8) is 0 Å². The Bertz CT molecular complexity index is 1880. The number of hydrogen-bond acceptors (Lipinski definition) is 2. The lowest BCUT2D eigenvalue weighted by atomic mass is 9.75. The summed E-state index contributed by atoms with van der Waals surface area (Å²) in [5.74, 6) is 0. The zero-order chi connectivity index (χ0) is 32.5. The van der Waals surface area contributed by atoms with E-state index in [1.807, 2.05) is 13.1 Å². The maximum absolute atomic E-state index is 7.09. The molecule has 0 saturated heterocycles. The number of hydrogen-bond donors (Lipinski definition) is 2. The Balaban J connectivity index is 1.41. The Kier molecular flexibility index (Phi) is 9.38. The van der Waals surface area contributed by atoms with E-state index in [0.29, 0.717) is 0 Å². The van der Waals surface area contributed by atoms with Gasteiger partial charge in [0.25, 0.3) is 0 Å². The minimum Gasteiger partial charge on any atom is -0.398 e. The second kappa shape index (κ2) is 12.9. The third-order valence-electron chi connectivity index (χ3n) is 9.88. The summed E-state index contributed by atoms with van der Waals surface area (Å²) in [6.07, 6.45) is 13.1. The summed E-state index contributed by atoms with van der Waals surface area (Å²) in [5.41, 5.74) is 17.1. The first kappa shape index (κ1) is 32.6. The van der Waals surface area contributed by atoms with Crippen LogP contribution in [0.25, 0.3) is 21.5 Å². The highest BCUT2D eigenvalue weighted by atomic mass is 35.5. The molecule has 3 heteroatoms. The second-order valence-electron chi connectivity index (χ2n) is 14.1. The topological polar surface area (TPSA) is 38.0 Å². The molecule has 0 saturated carbocycles. The number of nitrogen functional groups attached to an aromatic ring is 1. The molecule has 234 valence electrons. The maximum atomic E-state index is 7.09. The van der Waals surface area contributed by atoms with Crippen molar-refractivity contribution in [2.75, 3.05) is 18.1 Å². The summed E-state index contributed by atoms with van der Waals surface area (Å²) in [6.45, 7) is 15.7. The van der Waals surface area contributed by atoms with Gasteiger partial charge in [-0.15, -0.1) is 0 Å². The fraction of sp³-hybridized carbons (Fsp3) is 0.333. The summed E-state index contributed by atoms with van der Waals surface area (Å²) in [6, 6.07) is 22.0. The lowest BCUT2D eigenvalue weighted by Gasteiger charge is -2.30.